The summed E-state index contributed by atoms with van der Waals surface area (Å²) in [5.74, 6) is -0.943. The minimum atomic E-state index is -1.50. The maximum absolute atomic E-state index is 10.8. The lowest BCUT2D eigenvalue weighted by Crippen LogP contribution is -2.22. The quantitative estimate of drug-likeness (QED) is 0.763. The first-order valence-corrected chi connectivity index (χ1v) is 8.19. The largest absolute Gasteiger partial charge is 0.478 e. The molecular weight excluding hydrogens is 303 g/mol. The molecule has 1 aromatic carbocycles. The van der Waals surface area contributed by atoms with Crippen LogP contribution in [0, 0.1) is 0 Å². The van der Waals surface area contributed by atoms with E-state index in [4.69, 9.17) is 18.7 Å². The number of hydrogen-bond acceptors (Lipinski definition) is 4. The van der Waals surface area contributed by atoms with Crippen molar-refractivity contribution < 1.29 is 23.5 Å². The number of hydrogen-bond donors (Lipinski definition) is 1. The van der Waals surface area contributed by atoms with Crippen molar-refractivity contribution in [3.8, 4) is 0 Å². The van der Waals surface area contributed by atoms with E-state index in [9.17, 15) is 4.79 Å². The molecule has 0 radical (unpaired) electrons. The second kappa shape index (κ2) is 7.51. The van der Waals surface area contributed by atoms with Crippen LogP contribution in [0.2, 0.25) is 0 Å². The van der Waals surface area contributed by atoms with Crippen LogP contribution in [0.3, 0.4) is 0 Å². The molecule has 0 amide bonds. The summed E-state index contributed by atoms with van der Waals surface area (Å²) >= 11 is 0. The van der Waals surface area contributed by atoms with Gasteiger partial charge < -0.3 is 18.7 Å². The normalized spacial score (nSPS) is 12.7. The monoisotopic (exact) mass is 328 g/mol. The van der Waals surface area contributed by atoms with Crippen LogP contribution in [0.4, 0.5) is 0 Å². The van der Waals surface area contributed by atoms with Gasteiger partial charge in [-0.25, -0.2) is 4.79 Å². The van der Waals surface area contributed by atoms with E-state index in [2.05, 4.69) is 0 Å². The Morgan fingerprint density at radius 2 is 1.45 bits per heavy atom. The topological polar surface area (TPSA) is 65.0 Å². The molecule has 0 heterocycles. The second-order valence-electron chi connectivity index (χ2n) is 6.91. The lowest BCUT2D eigenvalue weighted by atomic mass is 10.1. The summed E-state index contributed by atoms with van der Waals surface area (Å²) < 4.78 is 17.4. The van der Waals surface area contributed by atoms with Gasteiger partial charge in [0.25, 0.3) is 0 Å². The van der Waals surface area contributed by atoms with Crippen LogP contribution in [-0.2, 0) is 20.2 Å². The predicted octanol–water partition coefficient (Wildman–Crippen LogP) is 4.76. The average Bonchev–Trinajstić information content (AvgIpc) is 2.32. The van der Waals surface area contributed by atoms with Crippen LogP contribution < -0.4 is 0 Å². The van der Waals surface area contributed by atoms with Crippen molar-refractivity contribution in [2.24, 2.45) is 0 Å². The van der Waals surface area contributed by atoms with Gasteiger partial charge in [-0.1, -0.05) is 12.1 Å². The summed E-state index contributed by atoms with van der Waals surface area (Å²) in [5.41, 5.74) is 0.379. The van der Waals surface area contributed by atoms with Crippen molar-refractivity contribution >= 4 is 14.6 Å². The zero-order chi connectivity index (χ0) is 17.0. The van der Waals surface area contributed by atoms with Gasteiger partial charge in [-0.2, -0.15) is 0 Å². The standard InChI is InChI=1S/C16H25O5P/c1-15(2,3)20-22(21-16(4,5)6)19-11-12-7-9-13(10-8-12)14(17)18/h7-10H,11H2,1-6H3,(H,17,18). The predicted molar refractivity (Wildman–Crippen MR) is 86.8 cm³/mol. The van der Waals surface area contributed by atoms with E-state index < -0.39 is 14.6 Å². The van der Waals surface area contributed by atoms with Crippen molar-refractivity contribution in [2.45, 2.75) is 59.4 Å². The smallest absolute Gasteiger partial charge is 0.335 e. The zero-order valence-corrected chi connectivity index (χ0v) is 14.9. The Balaban J connectivity index is 2.67. The molecule has 0 spiro atoms. The van der Waals surface area contributed by atoms with E-state index in [1.165, 1.54) is 0 Å². The van der Waals surface area contributed by atoms with Crippen molar-refractivity contribution in [3.05, 3.63) is 35.4 Å². The van der Waals surface area contributed by atoms with Gasteiger partial charge in [0.05, 0.1) is 23.4 Å². The van der Waals surface area contributed by atoms with E-state index in [0.717, 1.165) is 5.56 Å². The van der Waals surface area contributed by atoms with Crippen LogP contribution in [0.15, 0.2) is 24.3 Å². The molecule has 1 N–H and O–H groups in total. The molecule has 1 rings (SSSR count). The fourth-order valence-electron chi connectivity index (χ4n) is 1.39. The van der Waals surface area contributed by atoms with Crippen molar-refractivity contribution in [2.75, 3.05) is 0 Å². The van der Waals surface area contributed by atoms with Crippen LogP contribution >= 0.6 is 8.60 Å². The lowest BCUT2D eigenvalue weighted by Gasteiger charge is -2.30. The molecule has 0 aliphatic rings. The number of carbonyl (C=O) groups is 1. The fourth-order valence-corrected chi connectivity index (χ4v) is 2.68. The Morgan fingerprint density at radius 1 is 1.00 bits per heavy atom. The fraction of sp³-hybridized carbons (Fsp3) is 0.562. The first kappa shape index (κ1) is 19.0. The molecule has 0 atom stereocenters. The van der Waals surface area contributed by atoms with Crippen molar-refractivity contribution in [1.29, 1.82) is 0 Å². The maximum Gasteiger partial charge on any atom is 0.335 e. The molecule has 0 saturated carbocycles. The SMILES string of the molecule is CC(C)(C)OP(OCc1ccc(C(=O)O)cc1)OC(C)(C)C. The van der Waals surface area contributed by atoms with Gasteiger partial charge in [0.2, 0.25) is 0 Å². The highest BCUT2D eigenvalue weighted by atomic mass is 31.2. The Bertz CT molecular complexity index is 469. The molecule has 0 saturated heterocycles. The molecule has 0 bridgehead atoms. The second-order valence-corrected chi connectivity index (χ2v) is 7.98. The van der Waals surface area contributed by atoms with Crippen molar-refractivity contribution in [1.82, 2.24) is 0 Å². The van der Waals surface area contributed by atoms with Gasteiger partial charge in [0, 0.05) is 0 Å². The maximum atomic E-state index is 10.8. The highest BCUT2D eigenvalue weighted by Crippen LogP contribution is 2.47. The Hall–Kier alpha value is -1.00. The van der Waals surface area contributed by atoms with Gasteiger partial charge in [0.1, 0.15) is 0 Å². The van der Waals surface area contributed by atoms with E-state index in [1.54, 1.807) is 24.3 Å². The number of benzene rings is 1. The van der Waals surface area contributed by atoms with Gasteiger partial charge in [-0.3, -0.25) is 0 Å². The van der Waals surface area contributed by atoms with Gasteiger partial charge in [-0.05, 0) is 59.2 Å². The molecule has 6 heteroatoms. The van der Waals surface area contributed by atoms with Crippen molar-refractivity contribution in [3.63, 3.8) is 0 Å². The molecule has 0 aliphatic heterocycles. The molecular formula is C16H25O5P. The number of rotatable bonds is 6. The summed E-state index contributed by atoms with van der Waals surface area (Å²) in [7, 11) is -1.50. The third kappa shape index (κ3) is 7.85. The molecule has 124 valence electrons. The summed E-state index contributed by atoms with van der Waals surface area (Å²) in [5, 5.41) is 8.88. The van der Waals surface area contributed by atoms with Crippen LogP contribution in [0.25, 0.3) is 0 Å². The highest BCUT2D eigenvalue weighted by molar-refractivity contribution is 7.41. The van der Waals surface area contributed by atoms with E-state index in [-0.39, 0.29) is 16.8 Å². The number of carboxylic acid groups (broad SMARTS) is 1. The van der Waals surface area contributed by atoms with E-state index >= 15 is 0 Å². The van der Waals surface area contributed by atoms with Crippen LogP contribution in [0.5, 0.6) is 0 Å². The highest BCUT2D eigenvalue weighted by Gasteiger charge is 2.27. The molecule has 0 fully saturated rings. The first-order valence-electron chi connectivity index (χ1n) is 7.10. The minimum absolute atomic E-state index is 0.253. The zero-order valence-electron chi connectivity index (χ0n) is 14.0. The average molecular weight is 328 g/mol. The van der Waals surface area contributed by atoms with Gasteiger partial charge in [0.15, 0.2) is 0 Å². The lowest BCUT2D eigenvalue weighted by molar-refractivity contribution is 0.0306. The summed E-state index contributed by atoms with van der Waals surface area (Å²) in [6.07, 6.45) is 0. The molecule has 0 unspecified atom stereocenters. The minimum Gasteiger partial charge on any atom is -0.478 e. The third-order valence-electron chi connectivity index (χ3n) is 2.23. The third-order valence-corrected chi connectivity index (χ3v) is 3.97. The van der Waals surface area contributed by atoms with Crippen LogP contribution in [-0.4, -0.2) is 22.3 Å². The molecule has 1 aromatic rings. The summed E-state index contributed by atoms with van der Waals surface area (Å²) in [6.45, 7) is 12.0. The molecule has 0 aliphatic carbocycles. The van der Waals surface area contributed by atoms with E-state index in [1.807, 2.05) is 41.5 Å². The summed E-state index contributed by atoms with van der Waals surface area (Å²) in [4.78, 5) is 10.8. The number of aromatic carboxylic acids is 1. The molecule has 0 aromatic heterocycles. The van der Waals surface area contributed by atoms with E-state index in [0.29, 0.717) is 6.61 Å². The Morgan fingerprint density at radius 3 is 1.82 bits per heavy atom. The number of carboxylic acids is 1. The van der Waals surface area contributed by atoms with Crippen LogP contribution in [0.1, 0.15) is 57.5 Å². The first-order chi connectivity index (χ1) is 9.96. The summed E-state index contributed by atoms with van der Waals surface area (Å²) in [6, 6.07) is 6.56. The Kier molecular flexibility index (Phi) is 6.50. The molecule has 5 nitrogen and oxygen atoms in total. The molecule has 22 heavy (non-hydrogen) atoms. The Labute approximate surface area is 133 Å². The van der Waals surface area contributed by atoms with Gasteiger partial charge in [-0.15, -0.1) is 0 Å². The van der Waals surface area contributed by atoms with Gasteiger partial charge >= 0.3 is 14.6 Å².